The van der Waals surface area contributed by atoms with E-state index in [9.17, 15) is 22.4 Å². The maximum atomic E-state index is 13.7. The van der Waals surface area contributed by atoms with Crippen LogP contribution in [0, 0.1) is 5.82 Å². The number of anilines is 1. The summed E-state index contributed by atoms with van der Waals surface area (Å²) < 4.78 is 45.1. The molecule has 10 heteroatoms. The molecule has 0 aliphatic heterocycles. The van der Waals surface area contributed by atoms with Gasteiger partial charge >= 0.3 is 0 Å². The lowest BCUT2D eigenvalue weighted by Gasteiger charge is -2.32. The molecule has 0 aliphatic carbocycles. The first-order valence-electron chi connectivity index (χ1n) is 13.1. The van der Waals surface area contributed by atoms with Crippen LogP contribution in [0.1, 0.15) is 30.9 Å². The minimum Gasteiger partial charge on any atom is -0.497 e. The summed E-state index contributed by atoms with van der Waals surface area (Å²) in [6.45, 7) is 2.38. The van der Waals surface area contributed by atoms with Gasteiger partial charge in [-0.3, -0.25) is 13.9 Å². The first-order chi connectivity index (χ1) is 19.1. The highest BCUT2D eigenvalue weighted by atomic mass is 32.2. The van der Waals surface area contributed by atoms with Crippen LogP contribution in [0.3, 0.4) is 0 Å². The minimum atomic E-state index is -3.62. The first kappa shape index (κ1) is 30.6. The van der Waals surface area contributed by atoms with Crippen LogP contribution in [-0.4, -0.2) is 57.6 Å². The maximum absolute atomic E-state index is 13.7. The van der Waals surface area contributed by atoms with Gasteiger partial charge in [0.2, 0.25) is 21.8 Å². The Kier molecular flexibility index (Phi) is 11.1. The third-order valence-corrected chi connectivity index (χ3v) is 7.59. The van der Waals surface area contributed by atoms with E-state index in [0.717, 1.165) is 11.8 Å². The Morgan fingerprint density at radius 2 is 1.60 bits per heavy atom. The molecule has 3 aromatic carbocycles. The van der Waals surface area contributed by atoms with E-state index in [0.29, 0.717) is 30.0 Å². The van der Waals surface area contributed by atoms with E-state index in [1.54, 1.807) is 36.4 Å². The zero-order valence-electron chi connectivity index (χ0n) is 23.0. The third kappa shape index (κ3) is 8.81. The number of carbonyl (C=O) groups is 2. The molecule has 3 rings (SSSR count). The van der Waals surface area contributed by atoms with Gasteiger partial charge in [-0.1, -0.05) is 42.5 Å². The fourth-order valence-corrected chi connectivity index (χ4v) is 5.35. The number of sulfonamides is 1. The van der Waals surface area contributed by atoms with Gasteiger partial charge in [0, 0.05) is 32.5 Å². The molecule has 0 spiro atoms. The van der Waals surface area contributed by atoms with Gasteiger partial charge in [0.05, 0.1) is 19.1 Å². The zero-order valence-corrected chi connectivity index (χ0v) is 23.9. The second-order valence-electron chi connectivity index (χ2n) is 9.38. The molecule has 0 radical (unpaired) electrons. The van der Waals surface area contributed by atoms with Crippen molar-refractivity contribution in [3.8, 4) is 5.75 Å². The fourth-order valence-electron chi connectivity index (χ4n) is 4.38. The van der Waals surface area contributed by atoms with E-state index in [1.165, 1.54) is 28.4 Å². The predicted octanol–water partition coefficient (Wildman–Crippen LogP) is 4.16. The number of likely N-dealkylation sites (N-methyl/N-ethyl adjacent to an activating group) is 1. The Labute approximate surface area is 235 Å². The van der Waals surface area contributed by atoms with Gasteiger partial charge in [0.25, 0.3) is 0 Å². The molecule has 0 saturated heterocycles. The fraction of sp³-hybridized carbons (Fsp3) is 0.333. The third-order valence-electron chi connectivity index (χ3n) is 6.40. The van der Waals surface area contributed by atoms with Gasteiger partial charge in [-0.25, -0.2) is 12.8 Å². The lowest BCUT2D eigenvalue weighted by Crippen LogP contribution is -2.50. The molecule has 0 fully saturated rings. The summed E-state index contributed by atoms with van der Waals surface area (Å²) in [6, 6.07) is 21.0. The Balaban J connectivity index is 1.84. The molecule has 0 heterocycles. The Morgan fingerprint density at radius 1 is 0.950 bits per heavy atom. The molecule has 2 amide bonds. The van der Waals surface area contributed by atoms with Gasteiger partial charge in [-0.2, -0.15) is 0 Å². The van der Waals surface area contributed by atoms with Crippen LogP contribution in [0.2, 0.25) is 0 Å². The smallest absolute Gasteiger partial charge is 0.243 e. The number of nitrogens with zero attached hydrogens (tertiary/aromatic N) is 2. The molecule has 0 saturated carbocycles. The van der Waals surface area contributed by atoms with Gasteiger partial charge in [-0.05, 0) is 60.9 Å². The lowest BCUT2D eigenvalue weighted by atomic mass is 10.0. The number of nitrogens with one attached hydrogen (secondary N) is 1. The monoisotopic (exact) mass is 569 g/mol. The zero-order chi connectivity index (χ0) is 29.1. The number of amides is 2. The molecule has 1 atom stereocenters. The summed E-state index contributed by atoms with van der Waals surface area (Å²) in [5, 5.41) is 2.83. The number of rotatable bonds is 14. The number of halogens is 1. The molecule has 8 nitrogen and oxygen atoms in total. The van der Waals surface area contributed by atoms with E-state index in [-0.39, 0.29) is 37.7 Å². The number of carbonyl (C=O) groups excluding carboxylic acids is 2. The number of hydrogen-bond donors (Lipinski definition) is 1. The van der Waals surface area contributed by atoms with Crippen LogP contribution >= 0.6 is 0 Å². The molecule has 1 unspecified atom stereocenters. The lowest BCUT2D eigenvalue weighted by molar-refractivity contribution is -0.141. The highest BCUT2D eigenvalue weighted by Crippen LogP contribution is 2.23. The second-order valence-corrected chi connectivity index (χ2v) is 11.3. The van der Waals surface area contributed by atoms with E-state index in [4.69, 9.17) is 4.74 Å². The quantitative estimate of drug-likeness (QED) is 0.315. The van der Waals surface area contributed by atoms with Crippen molar-refractivity contribution in [2.24, 2.45) is 0 Å². The number of hydrogen-bond acceptors (Lipinski definition) is 5. The average Bonchev–Trinajstić information content (AvgIpc) is 2.94. The van der Waals surface area contributed by atoms with E-state index in [1.807, 2.05) is 37.3 Å². The van der Waals surface area contributed by atoms with Crippen molar-refractivity contribution in [3.63, 3.8) is 0 Å². The summed E-state index contributed by atoms with van der Waals surface area (Å²) in [5.74, 6) is -0.401. The molecule has 1 N–H and O–H groups in total. The standard InChI is InChI=1S/C30H36FN3O5S/c1-4-32-30(36)28(21-23-9-6-5-7-10-23)33(22-24-12-14-25(31)15-13-24)29(35)11-8-20-34(40(3,37)38)26-16-18-27(39-2)19-17-26/h5-7,9-10,12-19,28H,4,8,11,20-22H2,1-3H3,(H,32,36). The normalized spacial score (nSPS) is 11.9. The number of methoxy groups -OCH3 is 1. The van der Waals surface area contributed by atoms with E-state index in [2.05, 4.69) is 5.32 Å². The van der Waals surface area contributed by atoms with E-state index < -0.39 is 21.9 Å². The summed E-state index contributed by atoms with van der Waals surface area (Å²) >= 11 is 0. The highest BCUT2D eigenvalue weighted by Gasteiger charge is 2.30. The van der Waals surface area contributed by atoms with Crippen molar-refractivity contribution < 1.29 is 27.1 Å². The Hall–Kier alpha value is -3.92. The number of ether oxygens (including phenoxy) is 1. The second kappa shape index (κ2) is 14.5. The van der Waals surface area contributed by atoms with Crippen LogP contribution in [0.15, 0.2) is 78.9 Å². The van der Waals surface area contributed by atoms with E-state index >= 15 is 0 Å². The average molecular weight is 570 g/mol. The maximum Gasteiger partial charge on any atom is 0.243 e. The summed E-state index contributed by atoms with van der Waals surface area (Å²) in [6.07, 6.45) is 1.64. The molecular formula is C30H36FN3O5S. The molecule has 214 valence electrons. The van der Waals surface area contributed by atoms with Crippen molar-refractivity contribution in [3.05, 3.63) is 95.8 Å². The molecule has 3 aromatic rings. The van der Waals surface area contributed by atoms with Crippen LogP contribution in [-0.2, 0) is 32.6 Å². The largest absolute Gasteiger partial charge is 0.497 e. The molecule has 0 aliphatic rings. The van der Waals surface area contributed by atoms with Crippen molar-refractivity contribution in [1.29, 1.82) is 0 Å². The Bertz CT molecular complexity index is 1350. The SMILES string of the molecule is CCNC(=O)C(Cc1ccccc1)N(Cc1ccc(F)cc1)C(=O)CCCN(c1ccc(OC)cc1)S(C)(=O)=O. The van der Waals surface area contributed by atoms with Gasteiger partial charge in [0.1, 0.15) is 17.6 Å². The molecule has 0 bridgehead atoms. The van der Waals surface area contributed by atoms with Gasteiger partial charge < -0.3 is 15.0 Å². The molecule has 40 heavy (non-hydrogen) atoms. The Morgan fingerprint density at radius 3 is 2.17 bits per heavy atom. The van der Waals surface area contributed by atoms with Crippen LogP contribution in [0.5, 0.6) is 5.75 Å². The van der Waals surface area contributed by atoms with Crippen LogP contribution in [0.4, 0.5) is 10.1 Å². The van der Waals surface area contributed by atoms with Crippen molar-refractivity contribution in [2.45, 2.75) is 38.8 Å². The molecular weight excluding hydrogens is 533 g/mol. The van der Waals surface area contributed by atoms with Crippen LogP contribution in [0.25, 0.3) is 0 Å². The van der Waals surface area contributed by atoms with Crippen molar-refractivity contribution in [1.82, 2.24) is 10.2 Å². The first-order valence-corrected chi connectivity index (χ1v) is 14.9. The van der Waals surface area contributed by atoms with Crippen molar-refractivity contribution in [2.75, 3.05) is 30.8 Å². The minimum absolute atomic E-state index is 0.00800. The summed E-state index contributed by atoms with van der Waals surface area (Å²) in [7, 11) is -2.09. The highest BCUT2D eigenvalue weighted by molar-refractivity contribution is 7.92. The number of benzene rings is 3. The predicted molar refractivity (Wildman–Crippen MR) is 154 cm³/mol. The topological polar surface area (TPSA) is 96.0 Å². The van der Waals surface area contributed by atoms with Gasteiger partial charge in [-0.15, -0.1) is 0 Å². The summed E-state index contributed by atoms with van der Waals surface area (Å²) in [5.41, 5.74) is 2.02. The van der Waals surface area contributed by atoms with Crippen molar-refractivity contribution >= 4 is 27.5 Å². The van der Waals surface area contributed by atoms with Gasteiger partial charge in [0.15, 0.2) is 0 Å². The van der Waals surface area contributed by atoms with Crippen LogP contribution < -0.4 is 14.4 Å². The molecule has 0 aromatic heterocycles. The summed E-state index contributed by atoms with van der Waals surface area (Å²) in [4.78, 5) is 28.4.